The molecule has 0 N–H and O–H groups in total. The lowest BCUT2D eigenvalue weighted by Gasteiger charge is -2.18. The lowest BCUT2D eigenvalue weighted by Crippen LogP contribution is -2.32. The van der Waals surface area contributed by atoms with Gasteiger partial charge in [0.05, 0.1) is 12.6 Å². The third-order valence-corrected chi connectivity index (χ3v) is 3.34. The number of nitriles is 1. The van der Waals surface area contributed by atoms with Crippen molar-refractivity contribution in [3.05, 3.63) is 47.6 Å². The predicted molar refractivity (Wildman–Crippen MR) is 79.4 cm³/mol. The number of aryl methyl sites for hydroxylation is 2. The summed E-state index contributed by atoms with van der Waals surface area (Å²) >= 11 is 0. The van der Waals surface area contributed by atoms with Crippen LogP contribution in [-0.4, -0.2) is 28.0 Å². The van der Waals surface area contributed by atoms with Gasteiger partial charge in [-0.25, -0.2) is 0 Å². The second kappa shape index (κ2) is 7.36. The van der Waals surface area contributed by atoms with E-state index in [1.165, 1.54) is 4.90 Å². The van der Waals surface area contributed by atoms with E-state index < -0.39 is 5.92 Å². The van der Waals surface area contributed by atoms with E-state index >= 15 is 0 Å². The summed E-state index contributed by atoms with van der Waals surface area (Å²) in [6.45, 7) is 1.93. The molecule has 2 aromatic rings. The van der Waals surface area contributed by atoms with Crippen molar-refractivity contribution in [1.29, 1.82) is 5.26 Å². The number of rotatable bonds is 6. The van der Waals surface area contributed by atoms with Crippen molar-refractivity contribution in [3.8, 4) is 6.07 Å². The highest BCUT2D eigenvalue weighted by Gasteiger charge is 2.22. The highest BCUT2D eigenvalue weighted by Crippen LogP contribution is 2.13. The van der Waals surface area contributed by atoms with Gasteiger partial charge >= 0.3 is 0 Å². The molecule has 1 heterocycles. The van der Waals surface area contributed by atoms with Gasteiger partial charge in [0, 0.05) is 14.0 Å². The zero-order chi connectivity index (χ0) is 15.9. The fourth-order valence-electron chi connectivity index (χ4n) is 2.16. The normalized spacial score (nSPS) is 11.7. The quantitative estimate of drug-likeness (QED) is 0.815. The van der Waals surface area contributed by atoms with E-state index in [2.05, 4.69) is 16.2 Å². The molecule has 0 fully saturated rings. The first-order chi connectivity index (χ1) is 10.6. The van der Waals surface area contributed by atoms with Crippen molar-refractivity contribution < 1.29 is 9.32 Å². The fraction of sp³-hybridized carbons (Fsp3) is 0.375. The highest BCUT2D eigenvalue weighted by molar-refractivity contribution is 5.80. The van der Waals surface area contributed by atoms with Crippen molar-refractivity contribution in [2.24, 2.45) is 5.92 Å². The van der Waals surface area contributed by atoms with Gasteiger partial charge in [0.15, 0.2) is 5.82 Å². The minimum Gasteiger partial charge on any atom is -0.340 e. The third-order valence-electron chi connectivity index (χ3n) is 3.34. The van der Waals surface area contributed by atoms with E-state index in [1.807, 2.05) is 30.3 Å². The molecular formula is C16H18N4O2. The number of carbonyl (C=O) groups is 1. The summed E-state index contributed by atoms with van der Waals surface area (Å²) in [4.78, 5) is 17.8. The highest BCUT2D eigenvalue weighted by atomic mass is 16.5. The molecule has 0 radical (unpaired) electrons. The van der Waals surface area contributed by atoms with Crippen LogP contribution in [0.5, 0.6) is 0 Å². The summed E-state index contributed by atoms with van der Waals surface area (Å²) < 4.78 is 4.87. The minimum atomic E-state index is -0.668. The van der Waals surface area contributed by atoms with Crippen LogP contribution < -0.4 is 0 Å². The van der Waals surface area contributed by atoms with Crippen LogP contribution in [0.4, 0.5) is 0 Å². The molecule has 0 spiro atoms. The number of benzene rings is 1. The maximum atomic E-state index is 12.3. The number of hydrogen-bond donors (Lipinski definition) is 0. The summed E-state index contributed by atoms with van der Waals surface area (Å²) in [6, 6.07) is 11.9. The number of carbonyl (C=O) groups excluding carboxylic acids is 1. The van der Waals surface area contributed by atoms with Crippen LogP contribution in [0.15, 0.2) is 34.9 Å². The Labute approximate surface area is 129 Å². The molecule has 6 heteroatoms. The van der Waals surface area contributed by atoms with Crippen LogP contribution in [0.2, 0.25) is 0 Å². The van der Waals surface area contributed by atoms with E-state index in [1.54, 1.807) is 14.0 Å². The van der Waals surface area contributed by atoms with Crippen LogP contribution in [0, 0.1) is 24.2 Å². The molecule has 0 bridgehead atoms. The predicted octanol–water partition coefficient (Wildman–Crippen LogP) is 2.11. The van der Waals surface area contributed by atoms with Gasteiger partial charge in [-0.15, -0.1) is 0 Å². The monoisotopic (exact) mass is 298 g/mol. The molecule has 114 valence electrons. The molecule has 1 aromatic carbocycles. The largest absolute Gasteiger partial charge is 0.340 e. The first-order valence-corrected chi connectivity index (χ1v) is 7.08. The van der Waals surface area contributed by atoms with Crippen LogP contribution in [0.25, 0.3) is 0 Å². The van der Waals surface area contributed by atoms with E-state index in [4.69, 9.17) is 4.52 Å². The molecule has 1 atom stereocenters. The first kappa shape index (κ1) is 15.7. The zero-order valence-electron chi connectivity index (χ0n) is 12.7. The Kier molecular flexibility index (Phi) is 5.26. The third kappa shape index (κ3) is 4.16. The fourth-order valence-corrected chi connectivity index (χ4v) is 2.16. The van der Waals surface area contributed by atoms with E-state index in [0.717, 1.165) is 5.56 Å². The Hall–Kier alpha value is -2.68. The molecule has 1 aromatic heterocycles. The van der Waals surface area contributed by atoms with Crippen LogP contribution in [-0.2, 0) is 17.8 Å². The molecule has 0 saturated carbocycles. The maximum Gasteiger partial charge on any atom is 0.240 e. The molecule has 0 saturated heterocycles. The summed E-state index contributed by atoms with van der Waals surface area (Å²) in [5, 5.41) is 13.0. The molecule has 0 aliphatic carbocycles. The van der Waals surface area contributed by atoms with Gasteiger partial charge < -0.3 is 9.42 Å². The Bertz CT molecular complexity index is 660. The van der Waals surface area contributed by atoms with Gasteiger partial charge in [-0.3, -0.25) is 4.79 Å². The summed E-state index contributed by atoms with van der Waals surface area (Å²) in [5.74, 6) is 0.00365. The van der Waals surface area contributed by atoms with Crippen LogP contribution in [0.1, 0.15) is 23.7 Å². The lowest BCUT2D eigenvalue weighted by atomic mass is 9.99. The number of hydrogen-bond acceptors (Lipinski definition) is 5. The van der Waals surface area contributed by atoms with Gasteiger partial charge in [0.2, 0.25) is 11.8 Å². The topological polar surface area (TPSA) is 83.0 Å². The molecule has 6 nitrogen and oxygen atoms in total. The Morgan fingerprint density at radius 1 is 1.41 bits per heavy atom. The Morgan fingerprint density at radius 3 is 2.73 bits per heavy atom. The standard InChI is InChI=1S/C16H18N4O2/c1-12-18-15(19-22-12)11-20(2)16(21)14(10-17)9-8-13-6-4-3-5-7-13/h3-7,14H,8-9,11H2,1-2H3. The van der Waals surface area contributed by atoms with E-state index in [9.17, 15) is 10.1 Å². The number of amides is 1. The van der Waals surface area contributed by atoms with Crippen molar-refractivity contribution in [3.63, 3.8) is 0 Å². The molecule has 1 amide bonds. The average molecular weight is 298 g/mol. The van der Waals surface area contributed by atoms with Gasteiger partial charge in [0.25, 0.3) is 0 Å². The number of aromatic nitrogens is 2. The Morgan fingerprint density at radius 2 is 2.14 bits per heavy atom. The molecule has 22 heavy (non-hydrogen) atoms. The van der Waals surface area contributed by atoms with Crippen molar-refractivity contribution >= 4 is 5.91 Å². The van der Waals surface area contributed by atoms with Crippen molar-refractivity contribution in [2.75, 3.05) is 7.05 Å². The number of nitrogens with zero attached hydrogens (tertiary/aromatic N) is 4. The van der Waals surface area contributed by atoms with Crippen LogP contribution in [0.3, 0.4) is 0 Å². The first-order valence-electron chi connectivity index (χ1n) is 7.08. The van der Waals surface area contributed by atoms with Gasteiger partial charge in [-0.2, -0.15) is 10.2 Å². The second-order valence-corrected chi connectivity index (χ2v) is 5.13. The SMILES string of the molecule is Cc1nc(CN(C)C(=O)C(C#N)CCc2ccccc2)no1. The van der Waals surface area contributed by atoms with Gasteiger partial charge in [-0.1, -0.05) is 35.5 Å². The van der Waals surface area contributed by atoms with Crippen molar-refractivity contribution in [1.82, 2.24) is 15.0 Å². The smallest absolute Gasteiger partial charge is 0.240 e. The lowest BCUT2D eigenvalue weighted by molar-refractivity contribution is -0.133. The van der Waals surface area contributed by atoms with Crippen LogP contribution >= 0.6 is 0 Å². The Balaban J connectivity index is 1.92. The van der Waals surface area contributed by atoms with E-state index in [0.29, 0.717) is 24.6 Å². The molecule has 1 unspecified atom stereocenters. The molecular weight excluding hydrogens is 280 g/mol. The zero-order valence-corrected chi connectivity index (χ0v) is 12.7. The van der Waals surface area contributed by atoms with E-state index in [-0.39, 0.29) is 12.5 Å². The molecule has 0 aliphatic rings. The summed E-state index contributed by atoms with van der Waals surface area (Å²) in [6.07, 6.45) is 1.19. The van der Waals surface area contributed by atoms with Gasteiger partial charge in [-0.05, 0) is 18.4 Å². The summed E-state index contributed by atoms with van der Waals surface area (Å²) in [5.41, 5.74) is 1.12. The van der Waals surface area contributed by atoms with Crippen molar-refractivity contribution in [2.45, 2.75) is 26.3 Å². The molecule has 0 aliphatic heterocycles. The second-order valence-electron chi connectivity index (χ2n) is 5.13. The average Bonchev–Trinajstić information content (AvgIpc) is 2.93. The minimum absolute atomic E-state index is 0.221. The molecule has 2 rings (SSSR count). The maximum absolute atomic E-state index is 12.3. The van der Waals surface area contributed by atoms with Gasteiger partial charge in [0.1, 0.15) is 5.92 Å². The summed E-state index contributed by atoms with van der Waals surface area (Å²) in [7, 11) is 1.64.